The third kappa shape index (κ3) is 5.07. The zero-order valence-corrected chi connectivity index (χ0v) is 27.8. The van der Waals surface area contributed by atoms with Gasteiger partial charge in [-0.15, -0.1) is 39.9 Å². The van der Waals surface area contributed by atoms with Crippen LogP contribution in [0, 0.1) is 50.9 Å². The van der Waals surface area contributed by atoms with Gasteiger partial charge in [-0.2, -0.15) is 11.4 Å². The molecule has 5 heterocycles. The summed E-state index contributed by atoms with van der Waals surface area (Å²) in [6.07, 6.45) is 11.5. The molecule has 0 amide bonds. The first kappa shape index (κ1) is 32.5. The first-order valence-corrected chi connectivity index (χ1v) is 14.8. The molecule has 6 rings (SSSR count). The summed E-state index contributed by atoms with van der Waals surface area (Å²) in [5.41, 5.74) is 9.04. The molecule has 1 fully saturated rings. The van der Waals surface area contributed by atoms with Gasteiger partial charge in [-0.05, 0) is 51.0 Å². The molecule has 10 heteroatoms. The summed E-state index contributed by atoms with van der Waals surface area (Å²) in [7, 11) is 1.29. The first-order chi connectivity index (χ1) is 21.0. The number of hydrogen-bond donors (Lipinski definition) is 2. The number of terminal acetylenes is 1. The summed E-state index contributed by atoms with van der Waals surface area (Å²) < 4.78 is 5.17. The van der Waals surface area contributed by atoms with E-state index < -0.39 is 24.0 Å². The minimum Gasteiger partial charge on any atom is -0.664 e. The van der Waals surface area contributed by atoms with Crippen molar-refractivity contribution in [2.75, 3.05) is 7.11 Å². The number of aliphatic hydroxyl groups excluding tert-OH is 1. The fraction of sp³-hybridized carbons (Fsp3) is 0.371. The van der Waals surface area contributed by atoms with Gasteiger partial charge >= 0.3 is 35.0 Å². The van der Waals surface area contributed by atoms with E-state index in [-0.39, 0.29) is 47.7 Å². The summed E-state index contributed by atoms with van der Waals surface area (Å²) in [6, 6.07) is 0. The molecule has 0 spiro atoms. The Hall–Kier alpha value is -3.91. The van der Waals surface area contributed by atoms with Gasteiger partial charge in [0.25, 0.3) is 0 Å². The molecule has 3 aromatic rings. The molecular formula is C35H34MgN4O5-2. The molecule has 228 valence electrons. The number of aliphatic carboxylic acids is 1. The fourth-order valence-electron chi connectivity index (χ4n) is 7.02. The van der Waals surface area contributed by atoms with Crippen molar-refractivity contribution in [2.45, 2.75) is 60.0 Å². The van der Waals surface area contributed by atoms with E-state index in [9.17, 15) is 19.8 Å². The number of carboxylic acid groups (broad SMARTS) is 1. The third-order valence-corrected chi connectivity index (χ3v) is 9.50. The number of carboxylic acids is 1. The maximum Gasteiger partial charge on any atom is 2.00 e. The Labute approximate surface area is 278 Å². The number of nitrogens with zero attached hydrogens (tertiary/aromatic N) is 4. The maximum absolute atomic E-state index is 13.2. The summed E-state index contributed by atoms with van der Waals surface area (Å²) in [5, 5.41) is 27.8. The number of allylic oxidation sites excluding steroid dienone is 2. The summed E-state index contributed by atoms with van der Waals surface area (Å²) >= 11 is 0. The number of hydrogen-bond acceptors (Lipinski definition) is 4. The van der Waals surface area contributed by atoms with Crippen LogP contribution in [0.5, 0.6) is 0 Å². The number of esters is 1. The average molecular weight is 615 g/mol. The monoisotopic (exact) mass is 614 g/mol. The molecule has 0 aromatic carbocycles. The Bertz CT molecular complexity index is 1960. The van der Waals surface area contributed by atoms with Gasteiger partial charge in [0, 0.05) is 12.0 Å². The minimum atomic E-state index is -1.20. The van der Waals surface area contributed by atoms with Gasteiger partial charge in [0.2, 0.25) is 0 Å². The molecular weight excluding hydrogens is 581 g/mol. The zero-order chi connectivity index (χ0) is 31.6. The fourth-order valence-corrected chi connectivity index (χ4v) is 7.02. The van der Waals surface area contributed by atoms with Crippen LogP contribution in [-0.4, -0.2) is 52.3 Å². The SMILES string of the molecule is C#Cc1c2[n-]c(c1C)/C=C1\[N-]/C(=C3\c4[n-]c(c(C)c4[C@H](O)[C@@H]3C(=O)OC)/C=c3\[n-]/c(c(C)c3CC)=C\2)[C@@H](CCC(=O)O)[C@@H]1C.[Mg+2]. The molecule has 1 saturated heterocycles. The van der Waals surface area contributed by atoms with Crippen LogP contribution in [-0.2, 0) is 20.7 Å². The maximum atomic E-state index is 13.2. The van der Waals surface area contributed by atoms with Crippen molar-refractivity contribution in [3.8, 4) is 12.3 Å². The molecule has 4 atom stereocenters. The normalized spacial score (nSPS) is 25.5. The number of rotatable bonds is 5. The van der Waals surface area contributed by atoms with Crippen LogP contribution >= 0.6 is 0 Å². The standard InChI is InChI=1S/C35H34N4O5.Mg/c1-8-19-15(3)22-12-24-17(5)21(10-11-28(40)41)32(38-24)30-31(35(43)44-7)34(42)29-18(6)25(39-33(29)30)14-27-20(9-2)16(4)23(37-27)13-26(19)36-22;/h1,12-14,17,21,31,34,42H,9-11H2,2-7H3,(H,40,41);/q-4;+2/b23-13-,24-12-,27-14-,32-30-;/t17-,21-,31+,34-;/m0./s1. The number of carbonyl (C=O) groups is 2. The van der Waals surface area contributed by atoms with Crippen molar-refractivity contribution in [3.05, 3.63) is 83.6 Å². The molecule has 3 aromatic heterocycles. The molecule has 0 radical (unpaired) electrons. The van der Waals surface area contributed by atoms with Gasteiger partial charge in [0.15, 0.2) is 0 Å². The third-order valence-electron chi connectivity index (χ3n) is 9.50. The Morgan fingerprint density at radius 2 is 1.69 bits per heavy atom. The number of fused-ring (bicyclic) bond motifs is 7. The average Bonchev–Trinajstić information content (AvgIpc) is 3.72. The zero-order valence-electron chi connectivity index (χ0n) is 26.4. The van der Waals surface area contributed by atoms with Gasteiger partial charge < -0.3 is 35.2 Å². The van der Waals surface area contributed by atoms with Gasteiger partial charge in [-0.25, -0.2) is 0 Å². The van der Waals surface area contributed by atoms with E-state index in [0.717, 1.165) is 39.4 Å². The number of methoxy groups -OCH3 is 1. The molecule has 2 N–H and O–H groups in total. The number of aliphatic hydroxyl groups is 1. The largest absolute Gasteiger partial charge is 2.00 e. The molecule has 9 nitrogen and oxygen atoms in total. The van der Waals surface area contributed by atoms with E-state index >= 15 is 0 Å². The second-order valence-corrected chi connectivity index (χ2v) is 11.8. The molecule has 0 unspecified atom stereocenters. The summed E-state index contributed by atoms with van der Waals surface area (Å²) in [4.78, 5) is 39.8. The molecule has 1 aliphatic carbocycles. The molecule has 0 saturated carbocycles. The van der Waals surface area contributed by atoms with Crippen molar-refractivity contribution >= 4 is 58.8 Å². The van der Waals surface area contributed by atoms with Crippen molar-refractivity contribution in [2.24, 2.45) is 17.8 Å². The predicted octanol–water partition coefficient (Wildman–Crippen LogP) is 2.71. The van der Waals surface area contributed by atoms with Crippen LogP contribution in [0.2, 0.25) is 0 Å². The van der Waals surface area contributed by atoms with Crippen molar-refractivity contribution in [1.29, 1.82) is 0 Å². The number of ether oxygens (including phenoxy) is 1. The van der Waals surface area contributed by atoms with Crippen molar-refractivity contribution < 1.29 is 24.5 Å². The van der Waals surface area contributed by atoms with Crippen LogP contribution in [0.15, 0.2) is 11.4 Å². The summed E-state index contributed by atoms with van der Waals surface area (Å²) in [5.74, 6) is -0.336. The van der Waals surface area contributed by atoms with Gasteiger partial charge in [-0.1, -0.05) is 65.8 Å². The van der Waals surface area contributed by atoms with Crippen molar-refractivity contribution in [3.63, 3.8) is 0 Å². The van der Waals surface area contributed by atoms with Crippen molar-refractivity contribution in [1.82, 2.24) is 15.0 Å². The molecule has 8 bridgehead atoms. The minimum absolute atomic E-state index is 0. The van der Waals surface area contributed by atoms with E-state index in [1.54, 1.807) is 0 Å². The number of carbonyl (C=O) groups excluding carboxylic acids is 1. The second kappa shape index (κ2) is 12.1. The smallest absolute Gasteiger partial charge is 0.664 e. The Kier molecular flexibility index (Phi) is 8.75. The second-order valence-electron chi connectivity index (χ2n) is 11.8. The topological polar surface area (TPSA) is 140 Å². The van der Waals surface area contributed by atoms with Gasteiger partial charge in [0.05, 0.1) is 13.2 Å². The van der Waals surface area contributed by atoms with E-state index in [4.69, 9.17) is 31.4 Å². The van der Waals surface area contributed by atoms with Crippen LogP contribution in [0.3, 0.4) is 0 Å². The Morgan fingerprint density at radius 3 is 2.33 bits per heavy atom. The molecule has 45 heavy (non-hydrogen) atoms. The Balaban J connectivity index is 0.00000400. The number of aromatic nitrogens is 3. The van der Waals surface area contributed by atoms with Gasteiger partial charge in [-0.3, -0.25) is 9.59 Å². The van der Waals surface area contributed by atoms with E-state index in [0.29, 0.717) is 50.9 Å². The van der Waals surface area contributed by atoms with Crippen LogP contribution in [0.1, 0.15) is 88.9 Å². The molecule has 3 aliphatic rings. The van der Waals surface area contributed by atoms with E-state index in [2.05, 4.69) is 12.8 Å². The predicted molar refractivity (Wildman–Crippen MR) is 171 cm³/mol. The van der Waals surface area contributed by atoms with E-state index in [1.165, 1.54) is 7.11 Å². The molecule has 2 aliphatic heterocycles. The Morgan fingerprint density at radius 1 is 1.00 bits per heavy atom. The van der Waals surface area contributed by atoms with Gasteiger partial charge in [0.1, 0.15) is 5.92 Å². The van der Waals surface area contributed by atoms with Crippen LogP contribution < -0.4 is 25.7 Å². The van der Waals surface area contributed by atoms with Crippen LogP contribution in [0.25, 0.3) is 29.1 Å². The quantitative estimate of drug-likeness (QED) is 0.254. The van der Waals surface area contributed by atoms with Crippen LogP contribution in [0.4, 0.5) is 0 Å². The summed E-state index contributed by atoms with van der Waals surface area (Å²) in [6.45, 7) is 9.90. The van der Waals surface area contributed by atoms with E-state index in [1.807, 2.05) is 45.9 Å². The first-order valence-electron chi connectivity index (χ1n) is 14.8.